The maximum absolute atomic E-state index is 12.9. The van der Waals surface area contributed by atoms with Gasteiger partial charge in [0.25, 0.3) is 0 Å². The van der Waals surface area contributed by atoms with Crippen LogP contribution in [0.25, 0.3) is 0 Å². The van der Waals surface area contributed by atoms with Crippen LogP contribution in [0, 0.1) is 0 Å². The van der Waals surface area contributed by atoms with Gasteiger partial charge < -0.3 is 14.7 Å². The lowest BCUT2D eigenvalue weighted by molar-refractivity contribution is -0.142. The Morgan fingerprint density at radius 2 is 2.04 bits per heavy atom. The average molecular weight is 329 g/mol. The average Bonchev–Trinajstić information content (AvgIpc) is 2.84. The van der Waals surface area contributed by atoms with Crippen LogP contribution in [0.15, 0.2) is 18.2 Å². The number of fused-ring (bicyclic) bond motifs is 1. The van der Waals surface area contributed by atoms with Crippen molar-refractivity contribution in [1.29, 1.82) is 0 Å². The van der Waals surface area contributed by atoms with Crippen LogP contribution in [-0.4, -0.2) is 34.2 Å². The number of alkyl halides is 3. The number of carbonyl (C=O) groups excluding carboxylic acids is 1. The maximum atomic E-state index is 12.9. The maximum Gasteiger partial charge on any atom is 0.416 e. The number of hydrogen-bond acceptors (Lipinski definition) is 3. The highest BCUT2D eigenvalue weighted by atomic mass is 19.4. The van der Waals surface area contributed by atoms with E-state index in [9.17, 15) is 23.1 Å². The molecule has 0 aromatic heterocycles. The Bertz CT molecular complexity index is 642. The number of aliphatic hydroxyl groups is 1. The van der Waals surface area contributed by atoms with Crippen LogP contribution >= 0.6 is 0 Å². The van der Waals surface area contributed by atoms with Gasteiger partial charge in [-0.3, -0.25) is 4.79 Å². The topological polar surface area (TPSA) is 49.8 Å². The van der Waals surface area contributed by atoms with Crippen molar-refractivity contribution in [2.45, 2.75) is 50.6 Å². The number of halogens is 3. The molecule has 3 rings (SSSR count). The van der Waals surface area contributed by atoms with Gasteiger partial charge in [0.2, 0.25) is 5.91 Å². The van der Waals surface area contributed by atoms with Crippen molar-refractivity contribution in [3.05, 3.63) is 29.3 Å². The second-order valence-corrected chi connectivity index (χ2v) is 6.54. The van der Waals surface area contributed by atoms with Crippen LogP contribution in [-0.2, 0) is 11.0 Å². The predicted molar refractivity (Wildman–Crippen MR) is 75.8 cm³/mol. The molecule has 0 bridgehead atoms. The third-order valence-electron chi connectivity index (χ3n) is 4.49. The summed E-state index contributed by atoms with van der Waals surface area (Å²) in [4.78, 5) is 13.6. The molecule has 23 heavy (non-hydrogen) atoms. The first kappa shape index (κ1) is 16.1. The van der Waals surface area contributed by atoms with Crippen molar-refractivity contribution >= 4 is 5.91 Å². The van der Waals surface area contributed by atoms with Gasteiger partial charge in [-0.15, -0.1) is 0 Å². The van der Waals surface area contributed by atoms with Crippen molar-refractivity contribution < 1.29 is 27.8 Å². The zero-order valence-electron chi connectivity index (χ0n) is 12.9. The lowest BCUT2D eigenvalue weighted by atomic mass is 9.85. The smallest absolute Gasteiger partial charge is 0.416 e. The number of hydrogen-bond donors (Lipinski definition) is 1. The van der Waals surface area contributed by atoms with Crippen molar-refractivity contribution in [1.82, 2.24) is 4.90 Å². The third kappa shape index (κ3) is 2.67. The Morgan fingerprint density at radius 3 is 2.61 bits per heavy atom. The largest absolute Gasteiger partial charge is 0.485 e. The molecule has 2 atom stereocenters. The normalized spacial score (nSPS) is 26.9. The fourth-order valence-corrected chi connectivity index (χ4v) is 3.24. The molecule has 2 aliphatic heterocycles. The summed E-state index contributed by atoms with van der Waals surface area (Å²) in [5.41, 5.74) is -1.49. The monoisotopic (exact) mass is 329 g/mol. The second kappa shape index (κ2) is 5.12. The van der Waals surface area contributed by atoms with E-state index in [0.717, 1.165) is 12.1 Å². The molecule has 0 radical (unpaired) electrons. The van der Waals surface area contributed by atoms with E-state index in [0.29, 0.717) is 24.9 Å². The SMILES string of the molecule is CC1(C)Oc2cc(C(F)(F)F)ccc2C(N2CCCC2=O)C1O. The summed E-state index contributed by atoms with van der Waals surface area (Å²) < 4.78 is 44.4. The number of amides is 1. The molecule has 2 unspecified atom stereocenters. The van der Waals surface area contributed by atoms with E-state index >= 15 is 0 Å². The molecule has 4 nitrogen and oxygen atoms in total. The molecule has 2 aliphatic rings. The van der Waals surface area contributed by atoms with Crippen molar-refractivity contribution in [2.75, 3.05) is 6.54 Å². The fourth-order valence-electron chi connectivity index (χ4n) is 3.24. The van der Waals surface area contributed by atoms with Crippen LogP contribution in [0.2, 0.25) is 0 Å². The minimum atomic E-state index is -4.47. The Kier molecular flexibility index (Phi) is 3.59. The van der Waals surface area contributed by atoms with E-state index in [2.05, 4.69) is 0 Å². The van der Waals surface area contributed by atoms with Gasteiger partial charge in [-0.25, -0.2) is 0 Å². The summed E-state index contributed by atoms with van der Waals surface area (Å²) in [5, 5.41) is 10.6. The minimum Gasteiger partial charge on any atom is -0.485 e. The molecule has 1 fully saturated rings. The van der Waals surface area contributed by atoms with E-state index in [4.69, 9.17) is 4.74 Å². The van der Waals surface area contributed by atoms with Crippen molar-refractivity contribution in [3.63, 3.8) is 0 Å². The van der Waals surface area contributed by atoms with Crippen molar-refractivity contribution in [2.24, 2.45) is 0 Å². The molecule has 0 spiro atoms. The third-order valence-corrected chi connectivity index (χ3v) is 4.49. The van der Waals surface area contributed by atoms with E-state index in [-0.39, 0.29) is 11.7 Å². The highest BCUT2D eigenvalue weighted by molar-refractivity contribution is 5.79. The molecule has 1 aromatic carbocycles. The summed E-state index contributed by atoms with van der Waals surface area (Å²) in [6.07, 6.45) is -4.43. The lowest BCUT2D eigenvalue weighted by Crippen LogP contribution is -2.53. The van der Waals surface area contributed by atoms with Gasteiger partial charge in [-0.05, 0) is 32.4 Å². The standard InChI is InChI=1S/C16H18F3NO3/c1-15(2)14(22)13(20-7-3-4-12(20)21)10-6-5-9(16(17,18)19)8-11(10)23-15/h5-6,8,13-14,22H,3-4,7H2,1-2H3. The van der Waals surface area contributed by atoms with E-state index in [1.54, 1.807) is 18.7 Å². The molecule has 7 heteroatoms. The minimum absolute atomic E-state index is 0.0693. The number of carbonyl (C=O) groups is 1. The molecular formula is C16H18F3NO3. The van der Waals surface area contributed by atoms with E-state index in [1.165, 1.54) is 6.07 Å². The Labute approximate surface area is 131 Å². The van der Waals surface area contributed by atoms with Gasteiger partial charge in [0.15, 0.2) is 0 Å². The molecule has 2 heterocycles. The fraction of sp³-hybridized carbons (Fsp3) is 0.562. The summed E-state index contributed by atoms with van der Waals surface area (Å²) in [6, 6.07) is 2.51. The Hall–Kier alpha value is -1.76. The highest BCUT2D eigenvalue weighted by Crippen LogP contribution is 2.45. The van der Waals surface area contributed by atoms with Gasteiger partial charge in [0.1, 0.15) is 17.5 Å². The number of ether oxygens (including phenoxy) is 1. The zero-order valence-corrected chi connectivity index (χ0v) is 12.9. The Morgan fingerprint density at radius 1 is 1.35 bits per heavy atom. The van der Waals surface area contributed by atoms with Gasteiger partial charge in [-0.2, -0.15) is 13.2 Å². The van der Waals surface area contributed by atoms with Crippen LogP contribution in [0.3, 0.4) is 0 Å². The number of aliphatic hydroxyl groups excluding tert-OH is 1. The van der Waals surface area contributed by atoms with Crippen molar-refractivity contribution in [3.8, 4) is 5.75 Å². The van der Waals surface area contributed by atoms with Crippen LogP contribution in [0.5, 0.6) is 5.75 Å². The van der Waals surface area contributed by atoms with Crippen LogP contribution in [0.1, 0.15) is 43.9 Å². The molecule has 0 aliphatic carbocycles. The summed E-state index contributed by atoms with van der Waals surface area (Å²) in [6.45, 7) is 3.69. The first-order valence-corrected chi connectivity index (χ1v) is 7.49. The van der Waals surface area contributed by atoms with Crippen LogP contribution in [0.4, 0.5) is 13.2 Å². The number of nitrogens with zero attached hydrogens (tertiary/aromatic N) is 1. The number of likely N-dealkylation sites (tertiary alicyclic amines) is 1. The second-order valence-electron chi connectivity index (χ2n) is 6.54. The van der Waals surface area contributed by atoms with Crippen LogP contribution < -0.4 is 4.74 Å². The zero-order chi connectivity index (χ0) is 17.0. The lowest BCUT2D eigenvalue weighted by Gasteiger charge is -2.45. The molecule has 1 N–H and O–H groups in total. The van der Waals surface area contributed by atoms with Gasteiger partial charge in [0.05, 0.1) is 11.6 Å². The molecule has 126 valence electrons. The number of benzene rings is 1. The van der Waals surface area contributed by atoms with Gasteiger partial charge in [0, 0.05) is 18.5 Å². The molecule has 1 aromatic rings. The first-order chi connectivity index (χ1) is 10.6. The molecule has 1 amide bonds. The highest BCUT2D eigenvalue weighted by Gasteiger charge is 2.48. The predicted octanol–water partition coefficient (Wildman–Crippen LogP) is 2.90. The first-order valence-electron chi connectivity index (χ1n) is 7.49. The molecule has 0 saturated carbocycles. The number of rotatable bonds is 1. The van der Waals surface area contributed by atoms with Gasteiger partial charge >= 0.3 is 6.18 Å². The molecular weight excluding hydrogens is 311 g/mol. The van der Waals surface area contributed by atoms with Gasteiger partial charge in [-0.1, -0.05) is 6.07 Å². The van der Waals surface area contributed by atoms with E-state index < -0.39 is 29.5 Å². The summed E-state index contributed by atoms with van der Waals surface area (Å²) in [5.74, 6) is -0.0302. The summed E-state index contributed by atoms with van der Waals surface area (Å²) >= 11 is 0. The Balaban J connectivity index is 2.09. The quantitative estimate of drug-likeness (QED) is 0.862. The van der Waals surface area contributed by atoms with E-state index in [1.807, 2.05) is 0 Å². The summed E-state index contributed by atoms with van der Waals surface area (Å²) in [7, 11) is 0. The molecule has 1 saturated heterocycles.